The first-order chi connectivity index (χ1) is 16.3. The largest absolute Gasteiger partial charge is 0.494 e. The maximum Gasteiger partial charge on any atom is 0.323 e. The molecule has 11 heteroatoms. The van der Waals surface area contributed by atoms with Crippen molar-refractivity contribution in [2.45, 2.75) is 19.9 Å². The summed E-state index contributed by atoms with van der Waals surface area (Å²) in [6.07, 6.45) is 3.96. The molecule has 0 fully saturated rings. The Kier molecular flexibility index (Phi) is 6.09. The molecule has 174 valence electrons. The lowest BCUT2D eigenvalue weighted by Crippen LogP contribution is -2.07. The SMILES string of the molecule is CCc1cnc(Nc2cc([N+](=O)[O-])c(F)cc2OC)nc1-c1cn(CC(=O)O)c2ccccc12. The summed E-state index contributed by atoms with van der Waals surface area (Å²) in [4.78, 5) is 30.6. The van der Waals surface area contributed by atoms with Gasteiger partial charge < -0.3 is 19.7 Å². The fourth-order valence-electron chi connectivity index (χ4n) is 3.74. The summed E-state index contributed by atoms with van der Waals surface area (Å²) in [5.74, 6) is -1.84. The molecule has 4 aromatic rings. The number of hydrogen-bond acceptors (Lipinski definition) is 7. The Morgan fingerprint density at radius 3 is 2.76 bits per heavy atom. The van der Waals surface area contributed by atoms with Gasteiger partial charge in [-0.1, -0.05) is 25.1 Å². The second kappa shape index (κ2) is 9.14. The van der Waals surface area contributed by atoms with Crippen LogP contribution in [0.4, 0.5) is 21.7 Å². The number of para-hydroxylation sites is 1. The molecule has 0 atom stereocenters. The van der Waals surface area contributed by atoms with Crippen molar-refractivity contribution in [1.29, 1.82) is 0 Å². The third-order valence-corrected chi connectivity index (χ3v) is 5.31. The molecular formula is C23H20FN5O5. The number of halogens is 1. The first kappa shape index (κ1) is 22.6. The van der Waals surface area contributed by atoms with E-state index in [1.165, 1.54) is 7.11 Å². The summed E-state index contributed by atoms with van der Waals surface area (Å²) in [7, 11) is 1.32. The van der Waals surface area contributed by atoms with Crippen molar-refractivity contribution < 1.29 is 24.0 Å². The smallest absolute Gasteiger partial charge is 0.323 e. The Morgan fingerprint density at radius 2 is 2.09 bits per heavy atom. The monoisotopic (exact) mass is 465 g/mol. The number of hydrogen-bond donors (Lipinski definition) is 2. The minimum absolute atomic E-state index is 0.0471. The number of benzene rings is 2. The molecular weight excluding hydrogens is 445 g/mol. The number of carboxylic acids is 1. The molecule has 2 heterocycles. The van der Waals surface area contributed by atoms with E-state index in [-0.39, 0.29) is 23.9 Å². The van der Waals surface area contributed by atoms with Gasteiger partial charge in [-0.3, -0.25) is 14.9 Å². The van der Waals surface area contributed by atoms with Crippen molar-refractivity contribution in [1.82, 2.24) is 14.5 Å². The van der Waals surface area contributed by atoms with Gasteiger partial charge in [0, 0.05) is 41.0 Å². The van der Waals surface area contributed by atoms with Gasteiger partial charge in [-0.25, -0.2) is 9.97 Å². The van der Waals surface area contributed by atoms with E-state index < -0.39 is 22.4 Å². The van der Waals surface area contributed by atoms with Gasteiger partial charge in [0.1, 0.15) is 12.3 Å². The number of aryl methyl sites for hydroxylation is 1. The standard InChI is InChI=1S/C23H20FN5O5/c1-3-13-10-25-23(26-17-9-19(29(32)33)16(24)8-20(17)34-2)27-22(13)15-11-28(12-21(30)31)18-7-5-4-6-14(15)18/h4-11H,3,12H2,1-2H3,(H,30,31)(H,25,26,27). The van der Waals surface area contributed by atoms with E-state index in [1.807, 2.05) is 31.2 Å². The summed E-state index contributed by atoms with van der Waals surface area (Å²) < 4.78 is 20.8. The third kappa shape index (κ3) is 4.22. The fourth-order valence-corrected chi connectivity index (χ4v) is 3.74. The van der Waals surface area contributed by atoms with Gasteiger partial charge in [-0.15, -0.1) is 0 Å². The average Bonchev–Trinajstić information content (AvgIpc) is 3.17. The van der Waals surface area contributed by atoms with Crippen molar-refractivity contribution in [3.63, 3.8) is 0 Å². The van der Waals surface area contributed by atoms with Crippen LogP contribution < -0.4 is 10.1 Å². The van der Waals surface area contributed by atoms with Gasteiger partial charge in [0.05, 0.1) is 23.4 Å². The highest BCUT2D eigenvalue weighted by atomic mass is 19.1. The van der Waals surface area contributed by atoms with Crippen molar-refractivity contribution in [2.75, 3.05) is 12.4 Å². The number of ether oxygens (including phenoxy) is 1. The number of methoxy groups -OCH3 is 1. The average molecular weight is 465 g/mol. The highest BCUT2D eigenvalue weighted by Gasteiger charge is 2.21. The zero-order valence-electron chi connectivity index (χ0n) is 18.3. The summed E-state index contributed by atoms with van der Waals surface area (Å²) in [6.45, 7) is 1.73. The molecule has 0 unspecified atom stereocenters. The Bertz CT molecular complexity index is 1420. The highest BCUT2D eigenvalue weighted by Crippen LogP contribution is 2.35. The van der Waals surface area contributed by atoms with Gasteiger partial charge in [0.2, 0.25) is 11.8 Å². The number of anilines is 2. The molecule has 10 nitrogen and oxygen atoms in total. The molecule has 0 amide bonds. The number of aromatic nitrogens is 3. The number of rotatable bonds is 8. The lowest BCUT2D eigenvalue weighted by molar-refractivity contribution is -0.387. The molecule has 0 aliphatic rings. The number of nitro benzene ring substituents is 1. The number of fused-ring (bicyclic) bond motifs is 1. The fraction of sp³-hybridized carbons (Fsp3) is 0.174. The van der Waals surface area contributed by atoms with E-state index in [1.54, 1.807) is 17.0 Å². The van der Waals surface area contributed by atoms with Crippen LogP contribution in [-0.4, -0.2) is 37.6 Å². The van der Waals surface area contributed by atoms with E-state index in [4.69, 9.17) is 4.74 Å². The highest BCUT2D eigenvalue weighted by molar-refractivity contribution is 5.96. The first-order valence-corrected chi connectivity index (χ1v) is 10.3. The minimum atomic E-state index is -1.03. The lowest BCUT2D eigenvalue weighted by Gasteiger charge is -2.12. The molecule has 34 heavy (non-hydrogen) atoms. The molecule has 0 saturated carbocycles. The van der Waals surface area contributed by atoms with Crippen molar-refractivity contribution in [2.24, 2.45) is 0 Å². The van der Waals surface area contributed by atoms with E-state index in [9.17, 15) is 24.4 Å². The summed E-state index contributed by atoms with van der Waals surface area (Å²) in [5.41, 5.74) is 2.27. The van der Waals surface area contributed by atoms with E-state index in [0.717, 1.165) is 34.2 Å². The Hall–Kier alpha value is -4.54. The summed E-state index contributed by atoms with van der Waals surface area (Å²) >= 11 is 0. The predicted molar refractivity (Wildman–Crippen MR) is 123 cm³/mol. The number of nitrogens with zero attached hydrogens (tertiary/aromatic N) is 4. The molecule has 4 rings (SSSR count). The maximum absolute atomic E-state index is 14.0. The number of nitro groups is 1. The van der Waals surface area contributed by atoms with Gasteiger partial charge in [0.15, 0.2) is 0 Å². The Morgan fingerprint density at radius 1 is 1.32 bits per heavy atom. The van der Waals surface area contributed by atoms with Crippen LogP contribution in [0.2, 0.25) is 0 Å². The van der Waals surface area contributed by atoms with Crippen LogP contribution in [0.1, 0.15) is 12.5 Å². The van der Waals surface area contributed by atoms with Crippen LogP contribution in [-0.2, 0) is 17.8 Å². The summed E-state index contributed by atoms with van der Waals surface area (Å²) in [5, 5.41) is 24.2. The van der Waals surface area contributed by atoms with Crippen LogP contribution in [0, 0.1) is 15.9 Å². The van der Waals surface area contributed by atoms with Gasteiger partial charge in [-0.05, 0) is 18.1 Å². The zero-order valence-corrected chi connectivity index (χ0v) is 18.3. The maximum atomic E-state index is 14.0. The normalized spacial score (nSPS) is 10.9. The lowest BCUT2D eigenvalue weighted by atomic mass is 10.0. The van der Waals surface area contributed by atoms with Gasteiger partial charge in [0.25, 0.3) is 0 Å². The first-order valence-electron chi connectivity index (χ1n) is 10.3. The van der Waals surface area contributed by atoms with E-state index in [0.29, 0.717) is 12.1 Å². The molecule has 0 bridgehead atoms. The van der Waals surface area contributed by atoms with Crippen molar-refractivity contribution >= 4 is 34.2 Å². The van der Waals surface area contributed by atoms with Gasteiger partial charge in [-0.2, -0.15) is 4.39 Å². The van der Waals surface area contributed by atoms with Crippen LogP contribution in [0.3, 0.4) is 0 Å². The molecule has 2 aromatic heterocycles. The number of carboxylic acid groups (broad SMARTS) is 1. The quantitative estimate of drug-likeness (QED) is 0.286. The number of aliphatic carboxylic acids is 1. The topological polar surface area (TPSA) is 132 Å². The second-order valence-electron chi connectivity index (χ2n) is 7.39. The second-order valence-corrected chi connectivity index (χ2v) is 7.39. The molecule has 2 N–H and O–H groups in total. The molecule has 0 aliphatic carbocycles. The van der Waals surface area contributed by atoms with Crippen LogP contribution >= 0.6 is 0 Å². The molecule has 0 aliphatic heterocycles. The molecule has 0 radical (unpaired) electrons. The molecule has 0 spiro atoms. The minimum Gasteiger partial charge on any atom is -0.494 e. The van der Waals surface area contributed by atoms with E-state index >= 15 is 0 Å². The summed E-state index contributed by atoms with van der Waals surface area (Å²) in [6, 6.07) is 9.32. The van der Waals surface area contributed by atoms with Crippen LogP contribution in [0.5, 0.6) is 5.75 Å². The third-order valence-electron chi connectivity index (χ3n) is 5.31. The van der Waals surface area contributed by atoms with Crippen molar-refractivity contribution in [3.05, 3.63) is 70.3 Å². The predicted octanol–water partition coefficient (Wildman–Crippen LogP) is 4.54. The van der Waals surface area contributed by atoms with E-state index in [2.05, 4.69) is 15.3 Å². The molecule has 2 aromatic carbocycles. The number of carbonyl (C=O) groups is 1. The van der Waals surface area contributed by atoms with Gasteiger partial charge >= 0.3 is 11.7 Å². The Labute approximate surface area is 192 Å². The zero-order chi connectivity index (χ0) is 24.4. The van der Waals surface area contributed by atoms with Crippen LogP contribution in [0.25, 0.3) is 22.2 Å². The van der Waals surface area contributed by atoms with Crippen molar-refractivity contribution in [3.8, 4) is 17.0 Å². The Balaban J connectivity index is 1.83. The van der Waals surface area contributed by atoms with Crippen LogP contribution in [0.15, 0.2) is 48.8 Å². The number of nitrogens with one attached hydrogen (secondary N) is 1. The molecule has 0 saturated heterocycles.